The van der Waals surface area contributed by atoms with Crippen LogP contribution in [0.1, 0.15) is 5.56 Å². The Labute approximate surface area is 614 Å². The van der Waals surface area contributed by atoms with Crippen LogP contribution in [0.15, 0.2) is 349 Å². The number of oxazole rings is 2. The van der Waals surface area contributed by atoms with Gasteiger partial charge in [-0.15, -0.1) is 0 Å². The molecule has 0 aliphatic carbocycles. The van der Waals surface area contributed by atoms with Crippen molar-refractivity contribution in [2.75, 3.05) is 0 Å². The zero-order chi connectivity index (χ0) is 71.4. The minimum atomic E-state index is -1.45. The van der Waals surface area contributed by atoms with E-state index in [0.29, 0.717) is 33.5 Å². The number of benzene rings is 18. The lowest BCUT2D eigenvalue weighted by atomic mass is 9.80. The van der Waals surface area contributed by atoms with E-state index in [1.54, 1.807) is 12.1 Å². The summed E-state index contributed by atoms with van der Waals surface area (Å²) < 4.78 is 13.3. The van der Waals surface area contributed by atoms with Crippen LogP contribution in [0.25, 0.3) is 192 Å². The highest BCUT2D eigenvalue weighted by Crippen LogP contribution is 2.47. The van der Waals surface area contributed by atoms with Crippen LogP contribution in [0.3, 0.4) is 0 Å². The van der Waals surface area contributed by atoms with Crippen LogP contribution in [0.2, 0.25) is 5.02 Å². The fourth-order valence-corrected chi connectivity index (χ4v) is 15.1. The summed E-state index contributed by atoms with van der Waals surface area (Å²) in [5.74, 6) is 1.15. The maximum absolute atomic E-state index is 9.22. The molecule has 18 aromatic carbocycles. The molecule has 0 aliphatic rings. The monoisotopic (exact) mass is 1380 g/mol. The second-order valence-corrected chi connectivity index (χ2v) is 26.8. The summed E-state index contributed by atoms with van der Waals surface area (Å²) in [6, 6.07) is 119. The lowest BCUT2D eigenvalue weighted by molar-refractivity contribution is 0.426. The first-order valence-corrected chi connectivity index (χ1v) is 35.3. The Morgan fingerprint density at radius 2 is 0.632 bits per heavy atom. The summed E-state index contributed by atoms with van der Waals surface area (Å²) in [6.45, 7) is 6.62. The van der Waals surface area contributed by atoms with Crippen LogP contribution >= 0.6 is 11.6 Å². The summed E-state index contributed by atoms with van der Waals surface area (Å²) in [4.78, 5) is 13.5. The molecule has 0 unspecified atom stereocenters. The van der Waals surface area contributed by atoms with Gasteiger partial charge in [0.2, 0.25) is 11.8 Å². The van der Waals surface area contributed by atoms with Crippen LogP contribution in [-0.2, 0) is 0 Å². The third-order valence-corrected chi connectivity index (χ3v) is 20.4. The highest BCUT2D eigenvalue weighted by molar-refractivity contribution is 6.58. The van der Waals surface area contributed by atoms with E-state index in [9.17, 15) is 5.26 Å². The van der Waals surface area contributed by atoms with E-state index < -0.39 is 7.12 Å². The van der Waals surface area contributed by atoms with Gasteiger partial charge in [0.05, 0.1) is 18.2 Å². The van der Waals surface area contributed by atoms with Gasteiger partial charge in [-0.3, -0.25) is 0 Å². The van der Waals surface area contributed by atoms with E-state index in [0.717, 1.165) is 89.0 Å². The highest BCUT2D eigenvalue weighted by atomic mass is 35.5. The Hall–Kier alpha value is -13.8. The minimum Gasteiger partial charge on any atom is -0.436 e. The normalized spacial score (nSPS) is 11.3. The molecule has 0 atom stereocenters. The van der Waals surface area contributed by atoms with Gasteiger partial charge < -0.3 is 18.9 Å². The lowest BCUT2D eigenvalue weighted by Crippen LogP contribution is -2.29. The average molecular weight is 1380 g/mol. The summed E-state index contributed by atoms with van der Waals surface area (Å²) in [5, 5.41) is 46.6. The predicted octanol–water partition coefficient (Wildman–Crippen LogP) is 25.0. The van der Waals surface area contributed by atoms with Crippen molar-refractivity contribution in [2.24, 2.45) is 0 Å². The minimum absolute atomic E-state index is 0.400. The molecule has 0 saturated carbocycles. The van der Waals surface area contributed by atoms with Gasteiger partial charge in [-0.1, -0.05) is 254 Å². The van der Waals surface area contributed by atoms with Gasteiger partial charge in [-0.25, -0.2) is 14.8 Å². The molecule has 0 saturated heterocycles. The Morgan fingerprint density at radius 3 is 0.991 bits per heavy atom. The summed E-state index contributed by atoms with van der Waals surface area (Å²) in [5.41, 5.74) is 17.4. The van der Waals surface area contributed by atoms with Gasteiger partial charge in [0, 0.05) is 27.3 Å². The summed E-state index contributed by atoms with van der Waals surface area (Å²) in [6.07, 6.45) is 0. The van der Waals surface area contributed by atoms with Crippen molar-refractivity contribution in [1.82, 2.24) is 9.97 Å². The average Bonchev–Trinajstić information content (AvgIpc) is 1.38. The number of hydrogen-bond acceptors (Lipinski definition) is 7. The quantitative estimate of drug-likeness (QED) is 0.0883. The topological polar surface area (TPSA) is 121 Å². The maximum atomic E-state index is 9.22. The van der Waals surface area contributed by atoms with Gasteiger partial charge >= 0.3 is 7.12 Å². The van der Waals surface area contributed by atoms with Crippen molar-refractivity contribution >= 4 is 138 Å². The van der Waals surface area contributed by atoms with E-state index in [-0.39, 0.29) is 0 Å². The number of nitrogens with zero attached hydrogens (tertiary/aromatic N) is 4. The highest BCUT2D eigenvalue weighted by Gasteiger charge is 2.23. The van der Waals surface area contributed by atoms with E-state index in [1.165, 1.54) is 98.3 Å². The SMILES string of the molecule is Clc1ccc(-c2nc3c(-c4cc5ccccc5c5ccccc45)cc(-c4cc5ccccc5c5ccccc45)cc3o2)cc1.N#Cc1ccc(-c2ccc(-c3nc4c(-c5cc6ccccc6c6ccccc56)cc(-c5cc6ccccc6c6ccccc56)cc4o3)cc2)cc1.[C-]#[N+]c1ccc(B(O)O)cc1. The Bertz CT molecular complexity index is 6960. The second-order valence-electron chi connectivity index (χ2n) is 26.4. The molecule has 0 fully saturated rings. The number of nitriles is 1. The zero-order valence-electron chi connectivity index (χ0n) is 56.8. The molecule has 0 spiro atoms. The predicted molar refractivity (Wildman–Crippen MR) is 438 cm³/mol. The van der Waals surface area contributed by atoms with Gasteiger partial charge in [0.1, 0.15) is 11.0 Å². The molecule has 2 heterocycles. The summed E-state index contributed by atoms with van der Waals surface area (Å²) in [7, 11) is -1.45. The maximum Gasteiger partial charge on any atom is 0.488 e. The third kappa shape index (κ3) is 11.9. The molecule has 496 valence electrons. The van der Waals surface area contributed by atoms with Crippen molar-refractivity contribution in [3.63, 3.8) is 0 Å². The molecule has 0 radical (unpaired) electrons. The third-order valence-electron chi connectivity index (χ3n) is 20.2. The first-order valence-electron chi connectivity index (χ1n) is 34.9. The van der Waals surface area contributed by atoms with Crippen molar-refractivity contribution in [3.05, 3.63) is 362 Å². The number of aromatic nitrogens is 2. The largest absolute Gasteiger partial charge is 0.488 e. The molecule has 2 N–H and O–H groups in total. The molecule has 8 nitrogen and oxygen atoms in total. The van der Waals surface area contributed by atoms with E-state index in [1.807, 2.05) is 48.5 Å². The smallest absolute Gasteiger partial charge is 0.436 e. The fraction of sp³-hybridized carbons (Fsp3) is 0. The number of fused-ring (bicyclic) bond motifs is 14. The second kappa shape index (κ2) is 27.2. The van der Waals surface area contributed by atoms with E-state index in [2.05, 4.69) is 278 Å². The van der Waals surface area contributed by atoms with Crippen molar-refractivity contribution in [1.29, 1.82) is 5.26 Å². The molecule has 0 bridgehead atoms. The van der Waals surface area contributed by atoms with E-state index >= 15 is 0 Å². The first-order chi connectivity index (χ1) is 52.2. The number of hydrogen-bond donors (Lipinski definition) is 2. The number of rotatable bonds is 8. The van der Waals surface area contributed by atoms with Crippen LogP contribution in [0.4, 0.5) is 5.69 Å². The van der Waals surface area contributed by atoms with Crippen molar-refractivity contribution < 1.29 is 18.9 Å². The Balaban J connectivity index is 0.000000132. The fourth-order valence-electron chi connectivity index (χ4n) is 15.0. The summed E-state index contributed by atoms with van der Waals surface area (Å²) >= 11 is 6.21. The number of halogens is 1. The van der Waals surface area contributed by atoms with Gasteiger partial charge in [-0.05, 0) is 233 Å². The molecule has 20 aromatic rings. The van der Waals surface area contributed by atoms with E-state index in [4.69, 9.17) is 47.0 Å². The van der Waals surface area contributed by atoms with Gasteiger partial charge in [-0.2, -0.15) is 5.26 Å². The molecule has 0 aliphatic heterocycles. The van der Waals surface area contributed by atoms with Crippen LogP contribution in [-0.4, -0.2) is 27.1 Å². The van der Waals surface area contributed by atoms with Gasteiger partial charge in [0.25, 0.3) is 0 Å². The molecular weight excluding hydrogens is 1320 g/mol. The first kappa shape index (κ1) is 64.3. The lowest BCUT2D eigenvalue weighted by Gasteiger charge is -2.14. The molecule has 0 amide bonds. The van der Waals surface area contributed by atoms with Crippen LogP contribution < -0.4 is 5.46 Å². The molecule has 2 aromatic heterocycles. The molecular formula is C96H58BClN4O4. The van der Waals surface area contributed by atoms with Gasteiger partial charge in [0.15, 0.2) is 16.9 Å². The Kier molecular flexibility index (Phi) is 16.5. The van der Waals surface area contributed by atoms with Crippen molar-refractivity contribution in [3.8, 4) is 84.6 Å². The van der Waals surface area contributed by atoms with Crippen molar-refractivity contribution in [2.45, 2.75) is 0 Å². The Morgan fingerprint density at radius 1 is 0.321 bits per heavy atom. The van der Waals surface area contributed by atoms with Crippen LogP contribution in [0.5, 0.6) is 0 Å². The zero-order valence-corrected chi connectivity index (χ0v) is 57.5. The van der Waals surface area contributed by atoms with Crippen LogP contribution in [0, 0.1) is 17.9 Å². The molecule has 106 heavy (non-hydrogen) atoms. The standard InChI is InChI=1S/C48H28N2O.C41H24ClNO.C7H6BNO2/c49-29-30-17-19-31(20-18-30)32-21-23-33(24-22-32)48-50-47-45(44-26-35-10-2-4-12-38(35)40-14-6-8-16-42(40)44)27-36(28-46(47)51-48)43-25-34-9-1-3-11-37(34)39-13-5-7-15-41(39)43;42-29-19-17-25(18-20-29)41-43-40-38(37-22-27-10-2-4-12-31(27)33-14-6-8-16-35(33)37)23-28(24-39(40)44-41)36-21-26-9-1-3-11-30(26)32-13-5-7-15-34(32)36;1-9-7-4-2-6(3-5-7)8(10)11/h1-28H;1-24H;2-5,10-11H. The molecule has 20 rings (SSSR count). The molecule has 10 heteroatoms.